The van der Waals surface area contributed by atoms with Crippen molar-refractivity contribution in [2.24, 2.45) is 0 Å². The zero-order chi connectivity index (χ0) is 11.8. The van der Waals surface area contributed by atoms with Crippen LogP contribution in [0.15, 0.2) is 0 Å². The second-order valence-electron chi connectivity index (χ2n) is 3.01. The first-order valence-corrected chi connectivity index (χ1v) is 4.64. The first kappa shape index (κ1) is 13.4. The highest BCUT2D eigenvalue weighted by Gasteiger charge is 2.14. The van der Waals surface area contributed by atoms with E-state index in [0.717, 1.165) is 0 Å². The van der Waals surface area contributed by atoms with Crippen LogP contribution in [0.2, 0.25) is 0 Å². The molecular weight excluding hydrogens is 200 g/mol. The van der Waals surface area contributed by atoms with Gasteiger partial charge in [0.05, 0.1) is 6.61 Å². The van der Waals surface area contributed by atoms with Crippen LogP contribution in [-0.4, -0.2) is 49.9 Å². The van der Waals surface area contributed by atoms with E-state index in [4.69, 9.17) is 0 Å². The fourth-order valence-electron chi connectivity index (χ4n) is 0.775. The smallest absolute Gasteiger partial charge is 0.396 e. The number of carbonyl (C=O) groups excluding carboxylic acids is 3. The average molecular weight is 216 g/mol. The Morgan fingerprint density at radius 3 is 2.33 bits per heavy atom. The van der Waals surface area contributed by atoms with Crippen LogP contribution in [0.4, 0.5) is 0 Å². The van der Waals surface area contributed by atoms with Gasteiger partial charge in [-0.15, -0.1) is 0 Å². The molecule has 0 unspecified atom stereocenters. The van der Waals surface area contributed by atoms with Crippen LogP contribution in [0, 0.1) is 0 Å². The van der Waals surface area contributed by atoms with E-state index in [2.05, 4.69) is 10.1 Å². The minimum atomic E-state index is -0.921. The molecule has 0 bridgehead atoms. The number of hydrogen-bond donors (Lipinski definition) is 1. The average Bonchev–Trinajstić information content (AvgIpc) is 2.17. The molecule has 0 radical (unpaired) electrons. The maximum atomic E-state index is 11.1. The molecule has 0 fully saturated rings. The molecule has 1 N–H and O–H groups in total. The number of esters is 1. The number of nitrogens with one attached hydrogen (secondary N) is 1. The van der Waals surface area contributed by atoms with E-state index in [1.807, 2.05) is 0 Å². The molecule has 15 heavy (non-hydrogen) atoms. The summed E-state index contributed by atoms with van der Waals surface area (Å²) in [4.78, 5) is 34.3. The van der Waals surface area contributed by atoms with Crippen molar-refractivity contribution in [1.82, 2.24) is 10.2 Å². The Kier molecular flexibility index (Phi) is 6.08. The third kappa shape index (κ3) is 5.66. The first-order chi connectivity index (χ1) is 6.99. The Labute approximate surface area is 88.6 Å². The van der Waals surface area contributed by atoms with Crippen LogP contribution in [0.5, 0.6) is 0 Å². The van der Waals surface area contributed by atoms with Crippen molar-refractivity contribution in [2.45, 2.75) is 13.3 Å². The molecule has 0 aliphatic rings. The minimum Gasteiger partial charge on any atom is -0.459 e. The summed E-state index contributed by atoms with van der Waals surface area (Å²) in [5.74, 6) is -1.85. The predicted octanol–water partition coefficient (Wildman–Crippen LogP) is -0.856. The van der Waals surface area contributed by atoms with Gasteiger partial charge in [-0.1, -0.05) is 0 Å². The summed E-state index contributed by atoms with van der Waals surface area (Å²) in [5, 5.41) is 2.29. The molecule has 0 aromatic heterocycles. The van der Waals surface area contributed by atoms with E-state index in [1.165, 1.54) is 4.90 Å². The second kappa shape index (κ2) is 6.80. The summed E-state index contributed by atoms with van der Waals surface area (Å²) in [5.41, 5.74) is 0. The highest BCUT2D eigenvalue weighted by Crippen LogP contribution is 1.85. The lowest BCUT2D eigenvalue weighted by Crippen LogP contribution is -2.35. The molecule has 2 amide bonds. The van der Waals surface area contributed by atoms with Gasteiger partial charge in [-0.25, -0.2) is 4.79 Å². The highest BCUT2D eigenvalue weighted by molar-refractivity contribution is 6.32. The Hall–Kier alpha value is -1.59. The van der Waals surface area contributed by atoms with Crippen molar-refractivity contribution >= 4 is 17.8 Å². The summed E-state index contributed by atoms with van der Waals surface area (Å²) < 4.78 is 4.46. The summed E-state index contributed by atoms with van der Waals surface area (Å²) in [6, 6.07) is 0. The van der Waals surface area contributed by atoms with Gasteiger partial charge in [0.25, 0.3) is 0 Å². The number of rotatable bonds is 4. The highest BCUT2D eigenvalue weighted by atomic mass is 16.5. The summed E-state index contributed by atoms with van der Waals surface area (Å²) in [7, 11) is 3.24. The normalized spacial score (nSPS) is 9.27. The zero-order valence-electron chi connectivity index (χ0n) is 9.20. The Morgan fingerprint density at radius 1 is 1.27 bits per heavy atom. The molecule has 6 heteroatoms. The largest absolute Gasteiger partial charge is 0.459 e. The van der Waals surface area contributed by atoms with Crippen LogP contribution in [0.3, 0.4) is 0 Å². The summed E-state index contributed by atoms with van der Waals surface area (Å²) in [6.07, 6.45) is 0.165. The fourth-order valence-corrected chi connectivity index (χ4v) is 0.775. The van der Waals surface area contributed by atoms with Crippen molar-refractivity contribution in [3.63, 3.8) is 0 Å². The van der Waals surface area contributed by atoms with E-state index >= 15 is 0 Å². The third-order valence-electron chi connectivity index (χ3n) is 1.58. The predicted molar refractivity (Wildman–Crippen MR) is 53.0 cm³/mol. The van der Waals surface area contributed by atoms with Gasteiger partial charge in [0.2, 0.25) is 5.91 Å². The Morgan fingerprint density at radius 2 is 1.87 bits per heavy atom. The van der Waals surface area contributed by atoms with Crippen LogP contribution in [0.25, 0.3) is 0 Å². The third-order valence-corrected chi connectivity index (χ3v) is 1.58. The van der Waals surface area contributed by atoms with Gasteiger partial charge in [-0.05, 0) is 6.92 Å². The molecule has 6 nitrogen and oxygen atoms in total. The fraction of sp³-hybridized carbons (Fsp3) is 0.667. The van der Waals surface area contributed by atoms with Gasteiger partial charge >= 0.3 is 11.9 Å². The lowest BCUT2D eigenvalue weighted by Gasteiger charge is -2.10. The molecule has 0 aromatic carbocycles. The van der Waals surface area contributed by atoms with Crippen LogP contribution < -0.4 is 5.32 Å². The molecule has 0 saturated carbocycles. The molecule has 0 atom stereocenters. The van der Waals surface area contributed by atoms with Gasteiger partial charge in [-0.3, -0.25) is 9.59 Å². The van der Waals surface area contributed by atoms with E-state index < -0.39 is 11.9 Å². The summed E-state index contributed by atoms with van der Waals surface area (Å²) in [6.45, 7) is 1.90. The number of carbonyl (C=O) groups is 3. The first-order valence-electron chi connectivity index (χ1n) is 4.64. The zero-order valence-corrected chi connectivity index (χ0v) is 9.20. The van der Waals surface area contributed by atoms with Gasteiger partial charge in [0, 0.05) is 27.1 Å². The minimum absolute atomic E-state index is 0.112. The molecule has 0 aliphatic heterocycles. The molecule has 86 valence electrons. The van der Waals surface area contributed by atoms with Crippen molar-refractivity contribution in [1.29, 1.82) is 0 Å². The molecule has 0 aliphatic carbocycles. The van der Waals surface area contributed by atoms with Crippen molar-refractivity contribution in [2.75, 3.05) is 27.2 Å². The standard InChI is InChI=1S/C9H16N2O4/c1-4-15-9(14)8(13)10-6-5-7(12)11(2)3/h4-6H2,1-3H3,(H,10,13). The number of hydrogen-bond acceptors (Lipinski definition) is 4. The molecule has 0 heterocycles. The van der Waals surface area contributed by atoms with Gasteiger partial charge < -0.3 is 15.0 Å². The van der Waals surface area contributed by atoms with Gasteiger partial charge in [-0.2, -0.15) is 0 Å². The number of ether oxygens (including phenoxy) is 1. The van der Waals surface area contributed by atoms with Gasteiger partial charge in [0.15, 0.2) is 0 Å². The molecule has 0 saturated heterocycles. The molecule has 0 rings (SSSR count). The van der Waals surface area contributed by atoms with Crippen molar-refractivity contribution < 1.29 is 19.1 Å². The quantitative estimate of drug-likeness (QED) is 0.490. The van der Waals surface area contributed by atoms with Gasteiger partial charge in [0.1, 0.15) is 0 Å². The van der Waals surface area contributed by atoms with E-state index in [0.29, 0.717) is 0 Å². The SMILES string of the molecule is CCOC(=O)C(=O)NCCC(=O)N(C)C. The monoisotopic (exact) mass is 216 g/mol. The Balaban J connectivity index is 3.73. The Bertz CT molecular complexity index is 250. The molecular formula is C9H16N2O4. The maximum absolute atomic E-state index is 11.1. The summed E-state index contributed by atoms with van der Waals surface area (Å²) >= 11 is 0. The lowest BCUT2D eigenvalue weighted by molar-refractivity contribution is -0.154. The van der Waals surface area contributed by atoms with E-state index in [-0.39, 0.29) is 25.5 Å². The maximum Gasteiger partial charge on any atom is 0.396 e. The molecule has 0 spiro atoms. The topological polar surface area (TPSA) is 75.7 Å². The number of nitrogens with zero attached hydrogens (tertiary/aromatic N) is 1. The van der Waals surface area contributed by atoms with Crippen molar-refractivity contribution in [3.8, 4) is 0 Å². The lowest BCUT2D eigenvalue weighted by atomic mass is 10.4. The van der Waals surface area contributed by atoms with Crippen molar-refractivity contribution in [3.05, 3.63) is 0 Å². The van der Waals surface area contributed by atoms with Crippen LogP contribution in [-0.2, 0) is 19.1 Å². The van der Waals surface area contributed by atoms with Crippen LogP contribution >= 0.6 is 0 Å². The van der Waals surface area contributed by atoms with E-state index in [9.17, 15) is 14.4 Å². The van der Waals surface area contributed by atoms with Crippen LogP contribution in [0.1, 0.15) is 13.3 Å². The number of amides is 2. The molecule has 0 aromatic rings. The van der Waals surface area contributed by atoms with E-state index in [1.54, 1.807) is 21.0 Å². The second-order valence-corrected chi connectivity index (χ2v) is 3.01.